The van der Waals surface area contributed by atoms with Crippen molar-refractivity contribution in [2.75, 3.05) is 24.3 Å². The Morgan fingerprint density at radius 1 is 1.47 bits per heavy atom. The van der Waals surface area contributed by atoms with Gasteiger partial charge in [0.2, 0.25) is 5.91 Å². The summed E-state index contributed by atoms with van der Waals surface area (Å²) in [6.45, 7) is 0.416. The molecular formula is C13H13N3O2S. The zero-order valence-electron chi connectivity index (χ0n) is 10.4. The molecule has 0 spiro atoms. The minimum Gasteiger partial charge on any atom is -0.491 e. The van der Waals surface area contributed by atoms with Crippen LogP contribution in [0.3, 0.4) is 0 Å². The standard InChI is InChI=1S/C13H13N3O2S/c1-16-10-6-8(9-7-19-13(14)15-9)2-3-11(10)18-5-4-12(16)17/h2-3,6-7H,4-5H2,1H3,(H2,14,15). The third-order valence-corrected chi connectivity index (χ3v) is 3.76. The average molecular weight is 275 g/mol. The molecule has 0 bridgehead atoms. The third-order valence-electron chi connectivity index (χ3n) is 3.09. The van der Waals surface area contributed by atoms with Crippen LogP contribution in [0.15, 0.2) is 23.6 Å². The molecule has 0 aliphatic carbocycles. The number of nitrogens with two attached hydrogens (primary N) is 1. The molecule has 3 rings (SSSR count). The van der Waals surface area contributed by atoms with Gasteiger partial charge in [-0.05, 0) is 18.2 Å². The number of fused-ring (bicyclic) bond motifs is 1. The monoisotopic (exact) mass is 275 g/mol. The zero-order valence-corrected chi connectivity index (χ0v) is 11.2. The van der Waals surface area contributed by atoms with Crippen LogP contribution in [-0.2, 0) is 4.79 Å². The molecular weight excluding hydrogens is 262 g/mol. The van der Waals surface area contributed by atoms with Gasteiger partial charge in [0.25, 0.3) is 0 Å². The summed E-state index contributed by atoms with van der Waals surface area (Å²) in [5.74, 6) is 0.772. The summed E-state index contributed by atoms with van der Waals surface area (Å²) in [6.07, 6.45) is 0.393. The molecule has 6 heteroatoms. The Balaban J connectivity index is 2.07. The minimum absolute atomic E-state index is 0.0497. The van der Waals surface area contributed by atoms with E-state index in [1.165, 1.54) is 11.3 Å². The second-order valence-corrected chi connectivity index (χ2v) is 5.19. The van der Waals surface area contributed by atoms with Gasteiger partial charge >= 0.3 is 0 Å². The van der Waals surface area contributed by atoms with Crippen LogP contribution in [-0.4, -0.2) is 24.5 Å². The van der Waals surface area contributed by atoms with Crippen molar-refractivity contribution in [1.29, 1.82) is 0 Å². The predicted octanol–water partition coefficient (Wildman–Crippen LogP) is 2.14. The number of amides is 1. The number of aromatic nitrogens is 1. The fourth-order valence-electron chi connectivity index (χ4n) is 2.03. The summed E-state index contributed by atoms with van der Waals surface area (Å²) in [5.41, 5.74) is 8.16. The molecule has 0 atom stereocenters. The lowest BCUT2D eigenvalue weighted by Crippen LogP contribution is -2.25. The fraction of sp³-hybridized carbons (Fsp3) is 0.231. The topological polar surface area (TPSA) is 68.5 Å². The summed E-state index contributed by atoms with van der Waals surface area (Å²) < 4.78 is 5.58. The van der Waals surface area contributed by atoms with Crippen LogP contribution in [0, 0.1) is 0 Å². The summed E-state index contributed by atoms with van der Waals surface area (Å²) in [6, 6.07) is 5.71. The lowest BCUT2D eigenvalue weighted by Gasteiger charge is -2.16. The maximum atomic E-state index is 11.8. The highest BCUT2D eigenvalue weighted by atomic mass is 32.1. The Morgan fingerprint density at radius 3 is 3.05 bits per heavy atom. The van der Waals surface area contributed by atoms with Crippen molar-refractivity contribution in [2.24, 2.45) is 0 Å². The number of nitrogens with zero attached hydrogens (tertiary/aromatic N) is 2. The van der Waals surface area contributed by atoms with Crippen molar-refractivity contribution in [1.82, 2.24) is 4.98 Å². The molecule has 98 valence electrons. The van der Waals surface area contributed by atoms with E-state index in [2.05, 4.69) is 4.98 Å². The summed E-state index contributed by atoms with van der Waals surface area (Å²) in [5, 5.41) is 2.43. The molecule has 1 aromatic carbocycles. The molecule has 2 N–H and O–H groups in total. The smallest absolute Gasteiger partial charge is 0.230 e. The number of nitrogen functional groups attached to an aromatic ring is 1. The van der Waals surface area contributed by atoms with Crippen LogP contribution in [0.4, 0.5) is 10.8 Å². The van der Waals surface area contributed by atoms with Crippen molar-refractivity contribution in [3.8, 4) is 17.0 Å². The average Bonchev–Trinajstić information content (AvgIpc) is 2.79. The number of rotatable bonds is 1. The van der Waals surface area contributed by atoms with E-state index in [-0.39, 0.29) is 5.91 Å². The lowest BCUT2D eigenvalue weighted by atomic mass is 10.1. The van der Waals surface area contributed by atoms with Crippen LogP contribution in [0.2, 0.25) is 0 Å². The third kappa shape index (κ3) is 2.15. The van der Waals surface area contributed by atoms with Crippen LogP contribution in [0.5, 0.6) is 5.75 Å². The molecule has 1 aromatic heterocycles. The molecule has 19 heavy (non-hydrogen) atoms. The van der Waals surface area contributed by atoms with Gasteiger partial charge in [-0.25, -0.2) is 4.98 Å². The van der Waals surface area contributed by atoms with E-state index >= 15 is 0 Å². The van der Waals surface area contributed by atoms with Crippen molar-refractivity contribution in [3.05, 3.63) is 23.6 Å². The highest BCUT2D eigenvalue weighted by Gasteiger charge is 2.20. The second-order valence-electron chi connectivity index (χ2n) is 4.30. The quantitative estimate of drug-likeness (QED) is 0.865. The predicted molar refractivity (Wildman–Crippen MR) is 75.5 cm³/mol. The van der Waals surface area contributed by atoms with E-state index in [0.29, 0.717) is 18.2 Å². The molecule has 1 aliphatic heterocycles. The Bertz CT molecular complexity index is 639. The van der Waals surface area contributed by atoms with Gasteiger partial charge in [-0.3, -0.25) is 4.79 Å². The minimum atomic E-state index is 0.0497. The number of benzene rings is 1. The maximum Gasteiger partial charge on any atom is 0.230 e. The van der Waals surface area contributed by atoms with Gasteiger partial charge in [-0.1, -0.05) is 0 Å². The van der Waals surface area contributed by atoms with Crippen molar-refractivity contribution in [2.45, 2.75) is 6.42 Å². The normalized spacial score (nSPS) is 14.8. The van der Waals surface area contributed by atoms with Gasteiger partial charge in [0.05, 0.1) is 24.4 Å². The van der Waals surface area contributed by atoms with Crippen LogP contribution in [0.25, 0.3) is 11.3 Å². The molecule has 0 radical (unpaired) electrons. The van der Waals surface area contributed by atoms with Crippen molar-refractivity contribution >= 4 is 28.1 Å². The van der Waals surface area contributed by atoms with Gasteiger partial charge < -0.3 is 15.4 Å². The summed E-state index contributed by atoms with van der Waals surface area (Å²) in [7, 11) is 1.76. The number of ether oxygens (including phenoxy) is 1. The number of carbonyl (C=O) groups excluding carboxylic acids is 1. The van der Waals surface area contributed by atoms with Crippen LogP contribution >= 0.6 is 11.3 Å². The molecule has 0 saturated heterocycles. The number of hydrogen-bond acceptors (Lipinski definition) is 5. The first-order valence-electron chi connectivity index (χ1n) is 5.90. The zero-order chi connectivity index (χ0) is 13.4. The van der Waals surface area contributed by atoms with Crippen molar-refractivity contribution < 1.29 is 9.53 Å². The van der Waals surface area contributed by atoms with Crippen LogP contribution < -0.4 is 15.4 Å². The van der Waals surface area contributed by atoms with E-state index < -0.39 is 0 Å². The number of anilines is 2. The molecule has 1 amide bonds. The molecule has 2 heterocycles. The van der Waals surface area contributed by atoms with Crippen molar-refractivity contribution in [3.63, 3.8) is 0 Å². The molecule has 2 aromatic rings. The highest BCUT2D eigenvalue weighted by molar-refractivity contribution is 7.13. The Labute approximate surface area is 114 Å². The molecule has 5 nitrogen and oxygen atoms in total. The van der Waals surface area contributed by atoms with Gasteiger partial charge in [-0.2, -0.15) is 0 Å². The Hall–Kier alpha value is -2.08. The highest BCUT2D eigenvalue weighted by Crippen LogP contribution is 2.35. The largest absolute Gasteiger partial charge is 0.491 e. The first-order valence-corrected chi connectivity index (χ1v) is 6.78. The number of hydrogen-bond donors (Lipinski definition) is 1. The summed E-state index contributed by atoms with van der Waals surface area (Å²) in [4.78, 5) is 17.7. The SMILES string of the molecule is CN1C(=O)CCOc2ccc(-c3csc(N)n3)cc21. The van der Waals surface area contributed by atoms with E-state index in [0.717, 1.165) is 22.7 Å². The van der Waals surface area contributed by atoms with E-state index in [1.54, 1.807) is 11.9 Å². The first kappa shape index (κ1) is 12.0. The molecule has 1 aliphatic rings. The second kappa shape index (κ2) is 4.55. The molecule has 0 fully saturated rings. The lowest BCUT2D eigenvalue weighted by molar-refractivity contribution is -0.118. The fourth-order valence-corrected chi connectivity index (χ4v) is 2.60. The van der Waals surface area contributed by atoms with E-state index in [1.807, 2.05) is 23.6 Å². The molecule has 0 saturated carbocycles. The Morgan fingerprint density at radius 2 is 2.32 bits per heavy atom. The van der Waals surface area contributed by atoms with Gasteiger partial charge in [0.1, 0.15) is 5.75 Å². The van der Waals surface area contributed by atoms with Gasteiger partial charge in [0.15, 0.2) is 5.13 Å². The number of carbonyl (C=O) groups is 1. The van der Waals surface area contributed by atoms with Gasteiger partial charge in [0, 0.05) is 18.0 Å². The maximum absolute atomic E-state index is 11.8. The van der Waals surface area contributed by atoms with Crippen LogP contribution in [0.1, 0.15) is 6.42 Å². The Kier molecular flexibility index (Phi) is 2.87. The van der Waals surface area contributed by atoms with E-state index in [4.69, 9.17) is 10.5 Å². The molecule has 0 unspecified atom stereocenters. The van der Waals surface area contributed by atoms with Gasteiger partial charge in [-0.15, -0.1) is 11.3 Å². The first-order chi connectivity index (χ1) is 9.15. The van der Waals surface area contributed by atoms with E-state index in [9.17, 15) is 4.79 Å². The summed E-state index contributed by atoms with van der Waals surface area (Å²) >= 11 is 1.40. The number of thiazole rings is 1.